The molecule has 0 aliphatic rings. The topological polar surface area (TPSA) is 0 Å². The van der Waals surface area contributed by atoms with Gasteiger partial charge in [0, 0.05) is 0 Å². The molecule has 1 atom stereocenters. The quantitative estimate of drug-likeness (QED) is 0.606. The molecule has 0 spiro atoms. The van der Waals surface area contributed by atoms with Crippen LogP contribution in [0.5, 0.6) is 0 Å². The lowest BCUT2D eigenvalue weighted by molar-refractivity contribution is 0.179. The van der Waals surface area contributed by atoms with Crippen LogP contribution in [0.4, 0.5) is 0 Å². The van der Waals surface area contributed by atoms with E-state index in [1.54, 1.807) is 0 Å². The molecule has 13 heavy (non-hydrogen) atoms. The number of hydrogen-bond donors (Lipinski definition) is 0. The van der Waals surface area contributed by atoms with Crippen LogP contribution in [0.1, 0.15) is 54.4 Å². The Bertz CT molecular complexity index is 142. The van der Waals surface area contributed by atoms with Gasteiger partial charge in [-0.3, -0.25) is 0 Å². The summed E-state index contributed by atoms with van der Waals surface area (Å²) in [5.74, 6) is 0.934. The molecule has 1 unspecified atom stereocenters. The van der Waals surface area contributed by atoms with E-state index in [2.05, 4.69) is 41.5 Å². The third kappa shape index (κ3) is 7.59. The highest BCUT2D eigenvalue weighted by molar-refractivity contribution is 6.08. The van der Waals surface area contributed by atoms with Crippen molar-refractivity contribution in [3.8, 4) is 0 Å². The van der Waals surface area contributed by atoms with Gasteiger partial charge >= 0.3 is 0 Å². The zero-order chi connectivity index (χ0) is 10.7. The van der Waals surface area contributed by atoms with Crippen molar-refractivity contribution in [2.45, 2.75) is 59.7 Å². The van der Waals surface area contributed by atoms with Gasteiger partial charge in [0.2, 0.25) is 16.3 Å². The van der Waals surface area contributed by atoms with Crippen molar-refractivity contribution < 1.29 is 0 Å². The molecule has 0 aliphatic carbocycles. The van der Waals surface area contributed by atoms with E-state index >= 15 is 0 Å². The molecule has 0 aromatic rings. The van der Waals surface area contributed by atoms with Gasteiger partial charge in [-0.05, 0) is 23.7 Å². The highest BCUT2D eigenvalue weighted by atomic mass is 27.0. The van der Waals surface area contributed by atoms with Crippen molar-refractivity contribution in [1.29, 1.82) is 0 Å². The van der Waals surface area contributed by atoms with E-state index in [0.717, 1.165) is 5.92 Å². The lowest BCUT2D eigenvalue weighted by Gasteiger charge is -2.34. The molecule has 0 saturated carbocycles. The average molecular weight is 198 g/mol. The highest BCUT2D eigenvalue weighted by Gasteiger charge is 2.26. The first-order valence-electron chi connectivity index (χ1n) is 5.66. The maximum absolute atomic E-state index is 2.42. The van der Waals surface area contributed by atoms with E-state index in [9.17, 15) is 0 Å². The van der Waals surface area contributed by atoms with Gasteiger partial charge in [-0.25, -0.2) is 0 Å². The highest BCUT2D eigenvalue weighted by Crippen LogP contribution is 2.38. The first kappa shape index (κ1) is 13.5. The van der Waals surface area contributed by atoms with Crippen LogP contribution in [-0.2, 0) is 0 Å². The molecule has 0 aliphatic heterocycles. The largest absolute Gasteiger partial charge is 0.212 e. The van der Waals surface area contributed by atoms with Crippen molar-refractivity contribution in [3.05, 3.63) is 0 Å². The molecule has 0 nitrogen and oxygen atoms in total. The fourth-order valence-corrected chi connectivity index (χ4v) is 2.88. The predicted molar refractivity (Wildman–Crippen MR) is 65.0 cm³/mol. The van der Waals surface area contributed by atoms with Crippen LogP contribution < -0.4 is 0 Å². The van der Waals surface area contributed by atoms with Gasteiger partial charge in [0.25, 0.3) is 0 Å². The van der Waals surface area contributed by atoms with Crippen molar-refractivity contribution in [2.75, 3.05) is 0 Å². The van der Waals surface area contributed by atoms with Crippen LogP contribution in [0.2, 0.25) is 5.28 Å². The van der Waals surface area contributed by atoms with E-state index in [1.807, 2.05) is 0 Å². The fraction of sp³-hybridized carbons (Fsp3) is 1.00. The van der Waals surface area contributed by atoms with Gasteiger partial charge < -0.3 is 0 Å². The zero-order valence-corrected chi connectivity index (χ0v) is 12.7. The van der Waals surface area contributed by atoms with Crippen molar-refractivity contribution in [3.63, 3.8) is 0 Å². The van der Waals surface area contributed by atoms with Crippen LogP contribution in [0.3, 0.4) is 0 Å². The van der Waals surface area contributed by atoms with Crippen molar-refractivity contribution >= 4 is 16.3 Å². The molecule has 78 valence electrons. The first-order chi connectivity index (χ1) is 5.66. The predicted octanol–water partition coefficient (Wildman–Crippen LogP) is 3.53. The summed E-state index contributed by atoms with van der Waals surface area (Å²) in [6.45, 7) is 14.3. The lowest BCUT2D eigenvalue weighted by atomic mass is 9.72. The summed E-state index contributed by atoms with van der Waals surface area (Å²) in [6, 6.07) is 0. The summed E-state index contributed by atoms with van der Waals surface area (Å²) in [5, 5.41) is 1.45. The van der Waals surface area contributed by atoms with Gasteiger partial charge in [-0.15, -0.1) is 0 Å². The van der Waals surface area contributed by atoms with Gasteiger partial charge in [-0.1, -0.05) is 52.7 Å². The number of rotatable bonds is 4. The molecule has 0 fully saturated rings. The van der Waals surface area contributed by atoms with E-state index < -0.39 is 0 Å². The molecule has 0 rings (SSSR count). The molecule has 0 heterocycles. The van der Waals surface area contributed by atoms with Gasteiger partial charge in [0.1, 0.15) is 0 Å². The number of hydrogen-bond acceptors (Lipinski definition) is 0. The molecule has 0 radical (unpaired) electrons. The van der Waals surface area contributed by atoms with Crippen LogP contribution in [0, 0.1) is 16.7 Å². The van der Waals surface area contributed by atoms with Crippen LogP contribution in [0.25, 0.3) is 0 Å². The Labute approximate surface area is 92.9 Å². The summed E-state index contributed by atoms with van der Waals surface area (Å²) < 4.78 is 0. The van der Waals surface area contributed by atoms with Gasteiger partial charge in [0.15, 0.2) is 0 Å². The monoisotopic (exact) mass is 198 g/mol. The molecule has 0 saturated heterocycles. The van der Waals surface area contributed by atoms with Crippen molar-refractivity contribution in [1.82, 2.24) is 0 Å². The molecule has 0 aromatic heterocycles. The summed E-state index contributed by atoms with van der Waals surface area (Å²) in [4.78, 5) is 0. The van der Waals surface area contributed by atoms with Crippen LogP contribution >= 0.6 is 0 Å². The molecule has 0 N–H and O–H groups in total. The Balaban J connectivity index is 4.08. The van der Waals surface area contributed by atoms with E-state index in [0.29, 0.717) is 10.8 Å². The maximum Gasteiger partial charge on any atom is 0.212 e. The summed E-state index contributed by atoms with van der Waals surface area (Å²) in [5.41, 5.74) is 1.01. The Morgan fingerprint density at radius 2 is 1.54 bits per heavy atom. The minimum absolute atomic E-state index is 0.481. The second-order valence-electron chi connectivity index (χ2n) is 6.62. The van der Waals surface area contributed by atoms with E-state index in [-0.39, 0.29) is 0 Å². The average Bonchev–Trinajstić information content (AvgIpc) is 1.80. The first-order valence-corrected chi connectivity index (χ1v) is 7.08. The SMILES string of the molecule is CC([CH2][AlH2])CC(C)(C)CC(C)(C)C. The second kappa shape index (κ2) is 4.85. The third-order valence-electron chi connectivity index (χ3n) is 2.61. The lowest BCUT2D eigenvalue weighted by Crippen LogP contribution is -2.22. The Kier molecular flexibility index (Phi) is 5.05. The van der Waals surface area contributed by atoms with E-state index in [1.165, 1.54) is 34.4 Å². The minimum atomic E-state index is 0.481. The third-order valence-corrected chi connectivity index (χ3v) is 4.00. The van der Waals surface area contributed by atoms with Crippen LogP contribution in [0.15, 0.2) is 0 Å². The summed E-state index contributed by atoms with van der Waals surface area (Å²) in [7, 11) is 0. The molecule has 1 heteroatoms. The minimum Gasteiger partial charge on any atom is -0.0987 e. The molecular formula is C12H27Al. The van der Waals surface area contributed by atoms with Crippen LogP contribution in [-0.4, -0.2) is 16.3 Å². The van der Waals surface area contributed by atoms with E-state index in [4.69, 9.17) is 0 Å². The summed E-state index contributed by atoms with van der Waals surface area (Å²) >= 11 is 1.36. The molecular weight excluding hydrogens is 171 g/mol. The fourth-order valence-electron chi connectivity index (χ4n) is 2.60. The maximum atomic E-state index is 2.42. The van der Waals surface area contributed by atoms with Crippen molar-refractivity contribution in [2.24, 2.45) is 16.7 Å². The Hall–Kier alpha value is 0.532. The molecule has 0 aromatic carbocycles. The van der Waals surface area contributed by atoms with Gasteiger partial charge in [-0.2, -0.15) is 0 Å². The Morgan fingerprint density at radius 1 is 1.08 bits per heavy atom. The smallest absolute Gasteiger partial charge is 0.0987 e. The standard InChI is InChI=1S/C12H25.Al.2H/c1-10(2)8-12(6,7)9-11(3,4)5;;;/h10H,1,8-9H2,2-7H3;;;. The second-order valence-corrected chi connectivity index (χ2v) is 7.44. The molecule has 0 bridgehead atoms. The molecule has 0 amide bonds. The zero-order valence-electron chi connectivity index (χ0n) is 10.7. The normalized spacial score (nSPS) is 15.8. The summed E-state index contributed by atoms with van der Waals surface area (Å²) in [6.07, 6.45) is 2.74. The van der Waals surface area contributed by atoms with Gasteiger partial charge in [0.05, 0.1) is 0 Å². The Morgan fingerprint density at radius 3 is 1.85 bits per heavy atom.